The van der Waals surface area contributed by atoms with E-state index in [1.165, 1.54) is 71.3 Å². The van der Waals surface area contributed by atoms with Gasteiger partial charge in [-0.1, -0.05) is 104 Å². The van der Waals surface area contributed by atoms with E-state index in [1.54, 1.807) is 12.1 Å². The highest BCUT2D eigenvalue weighted by atomic mass is 16.6. The van der Waals surface area contributed by atoms with Gasteiger partial charge in [-0.15, -0.1) is 0 Å². The van der Waals surface area contributed by atoms with Crippen molar-refractivity contribution >= 4 is 11.9 Å². The van der Waals surface area contributed by atoms with Crippen LogP contribution in [-0.4, -0.2) is 25.7 Å². The Bertz CT molecular complexity index is 723. The molecule has 0 radical (unpaired) electrons. The van der Waals surface area contributed by atoms with Crippen LogP contribution in [0.2, 0.25) is 0 Å². The summed E-state index contributed by atoms with van der Waals surface area (Å²) in [5, 5.41) is 0. The molecule has 35 heavy (non-hydrogen) atoms. The number of carbonyl (C=O) groups excluding carboxylic acids is 2. The molecule has 0 heterocycles. The summed E-state index contributed by atoms with van der Waals surface area (Å²) < 4.78 is 16.5. The number of rotatable bonds is 20. The molecule has 1 aromatic rings. The molecule has 0 unspecified atom stereocenters. The molecule has 0 atom stereocenters. The van der Waals surface area contributed by atoms with Crippen molar-refractivity contribution in [3.63, 3.8) is 0 Å². The number of esters is 2. The Balaban J connectivity index is 2.33. The van der Waals surface area contributed by atoms with Gasteiger partial charge in [-0.25, -0.2) is 0 Å². The van der Waals surface area contributed by atoms with Crippen molar-refractivity contribution in [2.75, 3.05) is 13.7 Å². The number of carbonyl (C=O) groups is 2. The van der Waals surface area contributed by atoms with Gasteiger partial charge in [0.1, 0.15) is 0 Å². The van der Waals surface area contributed by atoms with Crippen molar-refractivity contribution in [1.82, 2.24) is 0 Å². The van der Waals surface area contributed by atoms with Crippen LogP contribution in [0.4, 0.5) is 0 Å². The van der Waals surface area contributed by atoms with E-state index in [4.69, 9.17) is 14.2 Å². The summed E-state index contributed by atoms with van der Waals surface area (Å²) in [4.78, 5) is 26.0. The molecule has 1 aromatic carbocycles. The molecule has 0 fully saturated rings. The lowest BCUT2D eigenvalue weighted by Crippen LogP contribution is -2.42. The zero-order valence-electron chi connectivity index (χ0n) is 23.1. The number of aryl methyl sites for hydroxylation is 1. The summed E-state index contributed by atoms with van der Waals surface area (Å²) in [5.41, 5.74) is -0.358. The quantitative estimate of drug-likeness (QED) is 0.0795. The van der Waals surface area contributed by atoms with Gasteiger partial charge in [0.15, 0.2) is 16.9 Å². The van der Waals surface area contributed by atoms with Crippen LogP contribution in [0, 0.1) is 12.3 Å². The molecule has 200 valence electrons. The summed E-state index contributed by atoms with van der Waals surface area (Å²) in [6, 6.07) is 5.38. The maximum Gasteiger partial charge on any atom is 0.328 e. The molecular formula is C30H50O5. The Labute approximate surface area is 214 Å². The van der Waals surface area contributed by atoms with Crippen LogP contribution in [0.25, 0.3) is 0 Å². The number of unbranched alkanes of at least 4 members (excludes halogenated alkanes) is 12. The molecule has 0 aliphatic carbocycles. The molecule has 0 saturated carbocycles. The number of benzene rings is 1. The fraction of sp³-hybridized carbons (Fsp3) is 0.733. The SMILES string of the molecule is CCCCCCCCCCCCCCCOC(=O)C(CC)(CC)C(=O)Oc1cc(C)ccc1OC. The fourth-order valence-corrected chi connectivity index (χ4v) is 4.39. The summed E-state index contributed by atoms with van der Waals surface area (Å²) in [5.74, 6) is -0.279. The van der Waals surface area contributed by atoms with Crippen LogP contribution >= 0.6 is 0 Å². The normalized spacial score (nSPS) is 11.3. The largest absolute Gasteiger partial charge is 0.493 e. The summed E-state index contributed by atoms with van der Waals surface area (Å²) >= 11 is 0. The highest BCUT2D eigenvalue weighted by Gasteiger charge is 2.46. The van der Waals surface area contributed by atoms with Gasteiger partial charge in [0.25, 0.3) is 0 Å². The number of hydrogen-bond acceptors (Lipinski definition) is 5. The van der Waals surface area contributed by atoms with Crippen LogP contribution in [0.1, 0.15) is 123 Å². The summed E-state index contributed by atoms with van der Waals surface area (Å²) in [6.07, 6.45) is 17.1. The monoisotopic (exact) mass is 490 g/mol. The zero-order chi connectivity index (χ0) is 25.9. The minimum absolute atomic E-state index is 0.327. The number of methoxy groups -OCH3 is 1. The van der Waals surface area contributed by atoms with E-state index in [2.05, 4.69) is 6.92 Å². The second-order valence-electron chi connectivity index (χ2n) is 9.71. The smallest absolute Gasteiger partial charge is 0.328 e. The van der Waals surface area contributed by atoms with Gasteiger partial charge >= 0.3 is 11.9 Å². The Morgan fingerprint density at radius 2 is 1.23 bits per heavy atom. The van der Waals surface area contributed by atoms with Crippen LogP contribution in [0.15, 0.2) is 18.2 Å². The molecule has 0 saturated heterocycles. The standard InChI is InChI=1S/C30H50O5/c1-6-9-10-11-12-13-14-15-16-17-18-19-20-23-34-28(31)30(7-2,8-3)29(32)35-27-24-25(4)21-22-26(27)33-5/h21-22,24H,6-20,23H2,1-5H3. The molecule has 0 bridgehead atoms. The van der Waals surface area contributed by atoms with Crippen molar-refractivity contribution in [3.05, 3.63) is 23.8 Å². The van der Waals surface area contributed by atoms with Gasteiger partial charge in [0, 0.05) is 0 Å². The van der Waals surface area contributed by atoms with E-state index in [9.17, 15) is 9.59 Å². The molecule has 0 N–H and O–H groups in total. The summed E-state index contributed by atoms with van der Waals surface area (Å²) in [6.45, 7) is 8.16. The molecular weight excluding hydrogens is 440 g/mol. The Morgan fingerprint density at radius 3 is 1.71 bits per heavy atom. The molecule has 0 spiro atoms. The van der Waals surface area contributed by atoms with Gasteiger partial charge in [-0.3, -0.25) is 9.59 Å². The minimum atomic E-state index is -1.30. The van der Waals surface area contributed by atoms with Crippen molar-refractivity contribution < 1.29 is 23.8 Å². The third kappa shape index (κ3) is 11.0. The molecule has 5 nitrogen and oxygen atoms in total. The van der Waals surface area contributed by atoms with Crippen molar-refractivity contribution in [2.45, 2.75) is 124 Å². The lowest BCUT2D eigenvalue weighted by Gasteiger charge is -2.27. The maximum absolute atomic E-state index is 13.1. The third-order valence-electron chi connectivity index (χ3n) is 6.99. The van der Waals surface area contributed by atoms with Gasteiger partial charge in [-0.2, -0.15) is 0 Å². The van der Waals surface area contributed by atoms with Crippen molar-refractivity contribution in [2.24, 2.45) is 5.41 Å². The first-order valence-corrected chi connectivity index (χ1v) is 14.0. The molecule has 0 aromatic heterocycles. The fourth-order valence-electron chi connectivity index (χ4n) is 4.39. The van der Waals surface area contributed by atoms with E-state index in [0.717, 1.165) is 24.8 Å². The molecule has 0 aliphatic heterocycles. The van der Waals surface area contributed by atoms with Gasteiger partial charge in [-0.05, 0) is 43.9 Å². The first-order chi connectivity index (χ1) is 16.9. The van der Waals surface area contributed by atoms with Crippen LogP contribution in [0.5, 0.6) is 11.5 Å². The van der Waals surface area contributed by atoms with Crippen molar-refractivity contribution in [1.29, 1.82) is 0 Å². The maximum atomic E-state index is 13.1. The Kier molecular flexibility index (Phi) is 16.2. The van der Waals surface area contributed by atoms with E-state index >= 15 is 0 Å². The Hall–Kier alpha value is -2.04. The van der Waals surface area contributed by atoms with Crippen LogP contribution in [-0.2, 0) is 14.3 Å². The molecule has 0 amide bonds. The lowest BCUT2D eigenvalue weighted by atomic mass is 9.82. The first-order valence-electron chi connectivity index (χ1n) is 14.0. The zero-order valence-corrected chi connectivity index (χ0v) is 23.1. The Morgan fingerprint density at radius 1 is 0.714 bits per heavy atom. The van der Waals surface area contributed by atoms with Crippen LogP contribution in [0.3, 0.4) is 0 Å². The summed E-state index contributed by atoms with van der Waals surface area (Å²) in [7, 11) is 1.53. The second-order valence-corrected chi connectivity index (χ2v) is 9.71. The molecule has 5 heteroatoms. The third-order valence-corrected chi connectivity index (χ3v) is 6.99. The van der Waals surface area contributed by atoms with E-state index in [0.29, 0.717) is 30.9 Å². The minimum Gasteiger partial charge on any atom is -0.493 e. The lowest BCUT2D eigenvalue weighted by molar-refractivity contribution is -0.168. The molecule has 1 rings (SSSR count). The molecule has 0 aliphatic rings. The average Bonchev–Trinajstić information content (AvgIpc) is 2.85. The number of hydrogen-bond donors (Lipinski definition) is 0. The predicted octanol–water partition coefficient (Wildman–Crippen LogP) is 8.35. The van der Waals surface area contributed by atoms with E-state index in [1.807, 2.05) is 26.8 Å². The van der Waals surface area contributed by atoms with Gasteiger partial charge in [0.2, 0.25) is 0 Å². The topological polar surface area (TPSA) is 61.8 Å². The van der Waals surface area contributed by atoms with Crippen LogP contribution < -0.4 is 9.47 Å². The number of ether oxygens (including phenoxy) is 3. The van der Waals surface area contributed by atoms with E-state index < -0.39 is 17.4 Å². The highest BCUT2D eigenvalue weighted by molar-refractivity contribution is 6.00. The highest BCUT2D eigenvalue weighted by Crippen LogP contribution is 2.34. The van der Waals surface area contributed by atoms with E-state index in [-0.39, 0.29) is 0 Å². The first kappa shape index (κ1) is 31.0. The van der Waals surface area contributed by atoms with Gasteiger partial charge in [0.05, 0.1) is 13.7 Å². The van der Waals surface area contributed by atoms with Crippen molar-refractivity contribution in [3.8, 4) is 11.5 Å². The van der Waals surface area contributed by atoms with Gasteiger partial charge < -0.3 is 14.2 Å². The predicted molar refractivity (Wildman–Crippen MR) is 143 cm³/mol. The average molecular weight is 491 g/mol. The second kappa shape index (κ2) is 18.3.